The predicted octanol–water partition coefficient (Wildman–Crippen LogP) is 4.52. The standard InChI is InChI=1S/C5H6N2.C3H8O.3C2H6/c1-5-4-6-2-3-7-5;1-3-4-2;3*1-2/h2-4H,1H3;3H2,1-2H3;3*1-2H3. The van der Waals surface area contributed by atoms with E-state index in [1.165, 1.54) is 0 Å². The molecule has 0 atom stereocenters. The summed E-state index contributed by atoms with van der Waals surface area (Å²) in [5.41, 5.74) is 0.961. The van der Waals surface area contributed by atoms with Crippen LogP contribution in [-0.4, -0.2) is 23.7 Å². The van der Waals surface area contributed by atoms with Crippen molar-refractivity contribution in [3.63, 3.8) is 0 Å². The Labute approximate surface area is 109 Å². The van der Waals surface area contributed by atoms with Gasteiger partial charge in [-0.15, -0.1) is 0 Å². The first-order valence-electron chi connectivity index (χ1n) is 6.52. The molecule has 0 aliphatic carbocycles. The summed E-state index contributed by atoms with van der Waals surface area (Å²) in [6.07, 6.45) is 5.06. The summed E-state index contributed by atoms with van der Waals surface area (Å²) in [6, 6.07) is 0. The fourth-order valence-electron chi connectivity index (χ4n) is 0.374. The summed E-state index contributed by atoms with van der Waals surface area (Å²) in [5, 5.41) is 0. The maximum Gasteiger partial charge on any atom is 0.0555 e. The molecule has 0 saturated heterocycles. The molecule has 17 heavy (non-hydrogen) atoms. The molecule has 1 rings (SSSR count). The molecule has 0 aromatic carbocycles. The van der Waals surface area contributed by atoms with Gasteiger partial charge in [-0.1, -0.05) is 41.5 Å². The molecule has 0 fully saturated rings. The van der Waals surface area contributed by atoms with Crippen LogP contribution in [0.3, 0.4) is 0 Å². The van der Waals surface area contributed by atoms with Gasteiger partial charge in [-0.3, -0.25) is 9.97 Å². The van der Waals surface area contributed by atoms with Crippen molar-refractivity contribution in [3.8, 4) is 0 Å². The molecular weight excluding hydrogens is 212 g/mol. The molecule has 0 N–H and O–H groups in total. The van der Waals surface area contributed by atoms with E-state index in [2.05, 4.69) is 14.7 Å². The van der Waals surface area contributed by atoms with Crippen LogP contribution in [-0.2, 0) is 4.74 Å². The molecule has 104 valence electrons. The van der Waals surface area contributed by atoms with Gasteiger partial charge in [-0.25, -0.2) is 0 Å². The molecule has 0 unspecified atom stereocenters. The average Bonchev–Trinajstić information content (AvgIpc) is 2.46. The number of ether oxygens (including phenoxy) is 1. The van der Waals surface area contributed by atoms with Crippen LogP contribution in [0.2, 0.25) is 0 Å². The maximum atomic E-state index is 4.54. The first kappa shape index (κ1) is 25.0. The van der Waals surface area contributed by atoms with E-state index >= 15 is 0 Å². The fraction of sp³-hybridized carbons (Fsp3) is 0.714. The largest absolute Gasteiger partial charge is 0.385 e. The minimum absolute atomic E-state index is 0.819. The van der Waals surface area contributed by atoms with Crippen molar-refractivity contribution in [2.24, 2.45) is 0 Å². The normalized spacial score (nSPS) is 6.41. The Bertz CT molecular complexity index is 165. The number of aromatic nitrogens is 2. The topological polar surface area (TPSA) is 35.0 Å². The van der Waals surface area contributed by atoms with Crippen molar-refractivity contribution in [1.29, 1.82) is 0 Å². The highest BCUT2D eigenvalue weighted by Gasteiger charge is 1.74. The van der Waals surface area contributed by atoms with Gasteiger partial charge in [0.15, 0.2) is 0 Å². The molecule has 0 saturated carbocycles. The number of nitrogens with zero attached hydrogens (tertiary/aromatic N) is 2. The highest BCUT2D eigenvalue weighted by molar-refractivity contribution is 4.88. The van der Waals surface area contributed by atoms with Crippen molar-refractivity contribution < 1.29 is 4.74 Å². The molecule has 0 radical (unpaired) electrons. The zero-order valence-corrected chi connectivity index (χ0v) is 13.2. The van der Waals surface area contributed by atoms with Crippen LogP contribution in [0.25, 0.3) is 0 Å². The van der Waals surface area contributed by atoms with E-state index in [9.17, 15) is 0 Å². The molecule has 0 bridgehead atoms. The third-order valence-electron chi connectivity index (χ3n) is 0.981. The van der Waals surface area contributed by atoms with E-state index < -0.39 is 0 Å². The van der Waals surface area contributed by atoms with Crippen LogP contribution in [0.5, 0.6) is 0 Å². The Kier molecular flexibility index (Phi) is 53.4. The number of methoxy groups -OCH3 is 1. The van der Waals surface area contributed by atoms with Gasteiger partial charge < -0.3 is 4.74 Å². The molecule has 0 aliphatic heterocycles. The van der Waals surface area contributed by atoms with E-state index in [0.29, 0.717) is 0 Å². The number of hydrogen-bond donors (Lipinski definition) is 0. The van der Waals surface area contributed by atoms with Crippen molar-refractivity contribution in [1.82, 2.24) is 9.97 Å². The first-order valence-corrected chi connectivity index (χ1v) is 6.52. The zero-order valence-electron chi connectivity index (χ0n) is 13.2. The lowest BCUT2D eigenvalue weighted by atomic mass is 10.5. The van der Waals surface area contributed by atoms with Crippen LogP contribution in [0.1, 0.15) is 54.2 Å². The SMILES string of the molecule is CC.CC.CC.CCOC.Cc1cnccn1. The second kappa shape index (κ2) is 36.3. The van der Waals surface area contributed by atoms with Gasteiger partial charge in [-0.2, -0.15) is 0 Å². The molecular formula is C14H32N2O. The molecule has 1 aromatic heterocycles. The quantitative estimate of drug-likeness (QED) is 0.728. The van der Waals surface area contributed by atoms with Gasteiger partial charge in [0, 0.05) is 32.3 Å². The highest BCUT2D eigenvalue weighted by Crippen LogP contribution is 1.81. The van der Waals surface area contributed by atoms with E-state index in [1.54, 1.807) is 25.7 Å². The van der Waals surface area contributed by atoms with Crippen LogP contribution < -0.4 is 0 Å². The highest BCUT2D eigenvalue weighted by atomic mass is 16.5. The van der Waals surface area contributed by atoms with Crippen LogP contribution in [0.15, 0.2) is 18.6 Å². The third kappa shape index (κ3) is 39.6. The van der Waals surface area contributed by atoms with E-state index in [1.807, 2.05) is 55.4 Å². The lowest BCUT2D eigenvalue weighted by Crippen LogP contribution is -1.77. The lowest BCUT2D eigenvalue weighted by molar-refractivity contribution is 0.215. The van der Waals surface area contributed by atoms with Crippen molar-refractivity contribution in [3.05, 3.63) is 24.3 Å². The number of hydrogen-bond acceptors (Lipinski definition) is 3. The van der Waals surface area contributed by atoms with E-state index in [0.717, 1.165) is 12.3 Å². The molecule has 3 nitrogen and oxygen atoms in total. The van der Waals surface area contributed by atoms with Crippen LogP contribution >= 0.6 is 0 Å². The Morgan fingerprint density at radius 2 is 1.41 bits per heavy atom. The van der Waals surface area contributed by atoms with E-state index in [4.69, 9.17) is 0 Å². The van der Waals surface area contributed by atoms with Gasteiger partial charge in [0.05, 0.1) is 5.69 Å². The summed E-state index contributed by atoms with van der Waals surface area (Å²) < 4.78 is 4.54. The first-order chi connectivity index (χ1) is 8.31. The minimum Gasteiger partial charge on any atom is -0.385 e. The maximum absolute atomic E-state index is 4.54. The Balaban J connectivity index is -0.0000000735. The molecule has 0 aliphatic rings. The van der Waals surface area contributed by atoms with Gasteiger partial charge in [0.25, 0.3) is 0 Å². The summed E-state index contributed by atoms with van der Waals surface area (Å²) >= 11 is 0. The number of rotatable bonds is 1. The smallest absolute Gasteiger partial charge is 0.0555 e. The molecule has 0 spiro atoms. The summed E-state index contributed by atoms with van der Waals surface area (Å²) in [4.78, 5) is 7.74. The summed E-state index contributed by atoms with van der Waals surface area (Å²) in [7, 11) is 1.68. The Morgan fingerprint density at radius 3 is 1.53 bits per heavy atom. The third-order valence-corrected chi connectivity index (χ3v) is 0.981. The minimum atomic E-state index is 0.819. The van der Waals surface area contributed by atoms with Crippen molar-refractivity contribution in [2.75, 3.05) is 13.7 Å². The fourth-order valence-corrected chi connectivity index (χ4v) is 0.374. The Morgan fingerprint density at radius 1 is 1.00 bits per heavy atom. The van der Waals surface area contributed by atoms with Gasteiger partial charge in [0.1, 0.15) is 0 Å². The van der Waals surface area contributed by atoms with Crippen LogP contribution in [0, 0.1) is 6.92 Å². The van der Waals surface area contributed by atoms with Gasteiger partial charge >= 0.3 is 0 Å². The second-order valence-corrected chi connectivity index (χ2v) is 1.92. The zero-order chi connectivity index (χ0) is 14.5. The Hall–Kier alpha value is -0.960. The van der Waals surface area contributed by atoms with Crippen molar-refractivity contribution >= 4 is 0 Å². The second-order valence-electron chi connectivity index (χ2n) is 1.92. The van der Waals surface area contributed by atoms with E-state index in [-0.39, 0.29) is 0 Å². The number of aryl methyl sites for hydroxylation is 1. The lowest BCUT2D eigenvalue weighted by Gasteiger charge is -1.81. The molecule has 1 heterocycles. The van der Waals surface area contributed by atoms with Gasteiger partial charge in [0.2, 0.25) is 0 Å². The molecule has 1 aromatic rings. The van der Waals surface area contributed by atoms with Gasteiger partial charge in [-0.05, 0) is 13.8 Å². The van der Waals surface area contributed by atoms with Crippen LogP contribution in [0.4, 0.5) is 0 Å². The predicted molar refractivity (Wildman–Crippen MR) is 78.4 cm³/mol. The molecule has 3 heteroatoms. The van der Waals surface area contributed by atoms with Crippen molar-refractivity contribution in [2.45, 2.75) is 55.4 Å². The summed E-state index contributed by atoms with van der Waals surface area (Å²) in [5.74, 6) is 0. The molecule has 0 amide bonds. The average molecular weight is 244 g/mol. The summed E-state index contributed by atoms with van der Waals surface area (Å²) in [6.45, 7) is 16.7. The monoisotopic (exact) mass is 244 g/mol.